The summed E-state index contributed by atoms with van der Waals surface area (Å²) >= 11 is 0. The lowest BCUT2D eigenvalue weighted by Crippen LogP contribution is -2.40. The number of amides is 1. The zero-order valence-corrected chi connectivity index (χ0v) is 9.45. The van der Waals surface area contributed by atoms with Crippen LogP contribution in [0.5, 0.6) is 0 Å². The summed E-state index contributed by atoms with van der Waals surface area (Å²) in [6.45, 7) is 4.58. The molecule has 0 spiro atoms. The first-order valence-corrected chi connectivity index (χ1v) is 5.86. The molecular weight excluding hydrogens is 192 g/mol. The quantitative estimate of drug-likeness (QED) is 0.628. The van der Waals surface area contributed by atoms with Gasteiger partial charge < -0.3 is 14.5 Å². The van der Waals surface area contributed by atoms with Crippen LogP contribution < -0.4 is 0 Å². The van der Waals surface area contributed by atoms with E-state index in [9.17, 15) is 4.79 Å². The van der Waals surface area contributed by atoms with E-state index in [2.05, 4.69) is 11.9 Å². The lowest BCUT2D eigenvalue weighted by Gasteiger charge is -2.23. The van der Waals surface area contributed by atoms with Gasteiger partial charge in [0.15, 0.2) is 0 Å². The lowest BCUT2D eigenvalue weighted by atomic mass is 10.2. The number of nitrogens with zero attached hydrogens (tertiary/aromatic N) is 2. The molecule has 4 nitrogen and oxygen atoms in total. The molecule has 0 N–H and O–H groups in total. The number of carbonyl (C=O) groups is 1. The third-order valence-electron chi connectivity index (χ3n) is 3.24. The van der Waals surface area contributed by atoms with Gasteiger partial charge in [0, 0.05) is 26.2 Å². The van der Waals surface area contributed by atoms with Crippen molar-refractivity contribution < 1.29 is 9.53 Å². The fourth-order valence-electron chi connectivity index (χ4n) is 2.24. The van der Waals surface area contributed by atoms with Crippen LogP contribution in [-0.2, 0) is 9.53 Å². The van der Waals surface area contributed by atoms with Crippen molar-refractivity contribution in [3.05, 3.63) is 0 Å². The van der Waals surface area contributed by atoms with Crippen LogP contribution in [0.3, 0.4) is 0 Å². The second-order valence-corrected chi connectivity index (χ2v) is 4.48. The highest BCUT2D eigenvalue weighted by molar-refractivity contribution is 5.81. The van der Waals surface area contributed by atoms with Crippen LogP contribution in [-0.4, -0.2) is 61.6 Å². The Morgan fingerprint density at radius 2 is 2.07 bits per heavy atom. The Labute approximate surface area is 91.2 Å². The number of likely N-dealkylation sites (N-methyl/N-ethyl adjacent to an activating group) is 1. The van der Waals surface area contributed by atoms with Crippen molar-refractivity contribution in [1.82, 2.24) is 9.80 Å². The number of rotatable bonds is 1. The van der Waals surface area contributed by atoms with Gasteiger partial charge in [0.05, 0.1) is 0 Å². The lowest BCUT2D eigenvalue weighted by molar-refractivity contribution is -0.140. The van der Waals surface area contributed by atoms with Gasteiger partial charge in [-0.2, -0.15) is 0 Å². The topological polar surface area (TPSA) is 32.8 Å². The maximum Gasteiger partial charge on any atom is 0.251 e. The van der Waals surface area contributed by atoms with E-state index in [-0.39, 0.29) is 12.0 Å². The maximum absolute atomic E-state index is 12.0. The largest absolute Gasteiger partial charge is 0.368 e. The van der Waals surface area contributed by atoms with Gasteiger partial charge in [0.1, 0.15) is 6.10 Å². The van der Waals surface area contributed by atoms with Crippen molar-refractivity contribution >= 4 is 5.91 Å². The van der Waals surface area contributed by atoms with Gasteiger partial charge in [-0.05, 0) is 32.9 Å². The van der Waals surface area contributed by atoms with E-state index in [1.165, 1.54) is 0 Å². The summed E-state index contributed by atoms with van der Waals surface area (Å²) in [7, 11) is 2.11. The highest BCUT2D eigenvalue weighted by Gasteiger charge is 2.28. The molecule has 0 saturated carbocycles. The third kappa shape index (κ3) is 2.69. The molecule has 2 fully saturated rings. The van der Waals surface area contributed by atoms with Crippen molar-refractivity contribution in [2.45, 2.75) is 25.4 Å². The van der Waals surface area contributed by atoms with Crippen LogP contribution in [0.15, 0.2) is 0 Å². The van der Waals surface area contributed by atoms with Crippen molar-refractivity contribution in [2.75, 3.05) is 39.8 Å². The Balaban J connectivity index is 1.88. The molecule has 0 radical (unpaired) electrons. The SMILES string of the molecule is CN1CCCN(C(=O)[C@H]2CCCO2)CC1. The molecular formula is C11H20N2O2. The Morgan fingerprint density at radius 1 is 1.20 bits per heavy atom. The average molecular weight is 212 g/mol. The molecule has 0 aromatic carbocycles. The van der Waals surface area contributed by atoms with Gasteiger partial charge in [-0.15, -0.1) is 0 Å². The van der Waals surface area contributed by atoms with E-state index in [1.807, 2.05) is 4.90 Å². The first-order valence-electron chi connectivity index (χ1n) is 5.86. The minimum Gasteiger partial charge on any atom is -0.368 e. The first-order chi connectivity index (χ1) is 7.27. The molecule has 15 heavy (non-hydrogen) atoms. The van der Waals surface area contributed by atoms with Crippen LogP contribution in [0, 0.1) is 0 Å². The molecule has 0 aromatic rings. The fourth-order valence-corrected chi connectivity index (χ4v) is 2.24. The van der Waals surface area contributed by atoms with Crippen molar-refractivity contribution in [3.63, 3.8) is 0 Å². The predicted octanol–water partition coefficient (Wildman–Crippen LogP) is 0.329. The monoisotopic (exact) mass is 212 g/mol. The second-order valence-electron chi connectivity index (χ2n) is 4.48. The zero-order valence-electron chi connectivity index (χ0n) is 9.45. The molecule has 2 aliphatic heterocycles. The predicted molar refractivity (Wildman–Crippen MR) is 57.7 cm³/mol. The van der Waals surface area contributed by atoms with Crippen LogP contribution in [0.1, 0.15) is 19.3 Å². The van der Waals surface area contributed by atoms with E-state index < -0.39 is 0 Å². The van der Waals surface area contributed by atoms with Crippen LogP contribution in [0.4, 0.5) is 0 Å². The number of hydrogen-bond donors (Lipinski definition) is 0. The second kappa shape index (κ2) is 4.94. The molecule has 86 valence electrons. The summed E-state index contributed by atoms with van der Waals surface area (Å²) in [5, 5.41) is 0. The van der Waals surface area contributed by atoms with Gasteiger partial charge in [-0.3, -0.25) is 4.79 Å². The van der Waals surface area contributed by atoms with Gasteiger partial charge in [-0.25, -0.2) is 0 Å². The molecule has 2 rings (SSSR count). The normalized spacial score (nSPS) is 29.1. The maximum atomic E-state index is 12.0. The van der Waals surface area contributed by atoms with Crippen molar-refractivity contribution in [3.8, 4) is 0 Å². The number of ether oxygens (including phenoxy) is 1. The molecule has 1 atom stereocenters. The summed E-state index contributed by atoms with van der Waals surface area (Å²) in [5.41, 5.74) is 0. The smallest absolute Gasteiger partial charge is 0.251 e. The third-order valence-corrected chi connectivity index (χ3v) is 3.24. The minimum absolute atomic E-state index is 0.145. The first kappa shape index (κ1) is 10.9. The van der Waals surface area contributed by atoms with E-state index in [0.29, 0.717) is 0 Å². The van der Waals surface area contributed by atoms with Gasteiger partial charge >= 0.3 is 0 Å². The average Bonchev–Trinajstić information content (AvgIpc) is 2.67. The Kier molecular flexibility index (Phi) is 3.59. The summed E-state index contributed by atoms with van der Waals surface area (Å²) in [5.74, 6) is 0.211. The molecule has 0 bridgehead atoms. The van der Waals surface area contributed by atoms with Gasteiger partial charge in [0.2, 0.25) is 0 Å². The van der Waals surface area contributed by atoms with Gasteiger partial charge in [0.25, 0.3) is 5.91 Å². The molecule has 0 aromatic heterocycles. The molecule has 4 heteroatoms. The van der Waals surface area contributed by atoms with Crippen LogP contribution in [0.2, 0.25) is 0 Å². The van der Waals surface area contributed by atoms with E-state index in [0.717, 1.165) is 52.0 Å². The fraction of sp³-hybridized carbons (Fsp3) is 0.909. The molecule has 0 aliphatic carbocycles. The molecule has 2 saturated heterocycles. The van der Waals surface area contributed by atoms with Crippen LogP contribution >= 0.6 is 0 Å². The Morgan fingerprint density at radius 3 is 2.80 bits per heavy atom. The standard InChI is InChI=1S/C11H20N2O2/c1-12-5-3-6-13(8-7-12)11(14)10-4-2-9-15-10/h10H,2-9H2,1H3/t10-/m1/s1. The summed E-state index contributed by atoms with van der Waals surface area (Å²) < 4.78 is 5.43. The highest BCUT2D eigenvalue weighted by atomic mass is 16.5. The molecule has 1 amide bonds. The van der Waals surface area contributed by atoms with E-state index in [1.54, 1.807) is 0 Å². The van der Waals surface area contributed by atoms with Gasteiger partial charge in [-0.1, -0.05) is 0 Å². The molecule has 0 unspecified atom stereocenters. The van der Waals surface area contributed by atoms with Crippen molar-refractivity contribution in [2.24, 2.45) is 0 Å². The minimum atomic E-state index is -0.145. The zero-order chi connectivity index (χ0) is 10.7. The number of hydrogen-bond acceptors (Lipinski definition) is 3. The van der Waals surface area contributed by atoms with E-state index in [4.69, 9.17) is 4.74 Å². The highest BCUT2D eigenvalue weighted by Crippen LogP contribution is 2.15. The van der Waals surface area contributed by atoms with Crippen molar-refractivity contribution in [1.29, 1.82) is 0 Å². The summed E-state index contributed by atoms with van der Waals surface area (Å²) in [4.78, 5) is 16.3. The summed E-state index contributed by atoms with van der Waals surface area (Å²) in [6.07, 6.45) is 2.87. The van der Waals surface area contributed by atoms with Crippen LogP contribution in [0.25, 0.3) is 0 Å². The molecule has 2 aliphatic rings. The Hall–Kier alpha value is -0.610. The summed E-state index contributed by atoms with van der Waals surface area (Å²) in [6, 6.07) is 0. The van der Waals surface area contributed by atoms with E-state index >= 15 is 0 Å². The Bertz CT molecular complexity index is 227. The number of carbonyl (C=O) groups excluding carboxylic acids is 1. The molecule has 2 heterocycles.